The van der Waals surface area contributed by atoms with Crippen molar-refractivity contribution in [2.45, 2.75) is 25.2 Å². The molecule has 6 nitrogen and oxygen atoms in total. The third-order valence-electron chi connectivity index (χ3n) is 5.12. The van der Waals surface area contributed by atoms with Gasteiger partial charge in [-0.05, 0) is 49.1 Å². The molecular formula is C22H20FN3O3. The fourth-order valence-corrected chi connectivity index (χ4v) is 3.29. The highest BCUT2D eigenvalue weighted by Crippen LogP contribution is 2.45. The Labute approximate surface area is 167 Å². The number of carbonyl (C=O) groups excluding carboxylic acids is 1. The maximum atomic E-state index is 15.5. The second-order valence-electron chi connectivity index (χ2n) is 6.92. The summed E-state index contributed by atoms with van der Waals surface area (Å²) in [6.07, 6.45) is 5.94. The average molecular weight is 393 g/mol. The van der Waals surface area contributed by atoms with Gasteiger partial charge in [-0.1, -0.05) is 12.5 Å². The summed E-state index contributed by atoms with van der Waals surface area (Å²) in [7, 11) is 1.32. The molecule has 29 heavy (non-hydrogen) atoms. The largest absolute Gasteiger partial charge is 0.465 e. The Bertz CT molecular complexity index is 1030. The van der Waals surface area contributed by atoms with Crippen molar-refractivity contribution in [3.8, 4) is 22.8 Å². The first-order chi connectivity index (χ1) is 14.1. The number of nitrogen functional groups attached to an aromatic ring is 1. The molecule has 1 aliphatic carbocycles. The molecule has 0 amide bonds. The predicted octanol–water partition coefficient (Wildman–Crippen LogP) is 4.71. The van der Waals surface area contributed by atoms with E-state index in [-0.39, 0.29) is 17.5 Å². The Kier molecular flexibility index (Phi) is 5.12. The van der Waals surface area contributed by atoms with Gasteiger partial charge in [0.2, 0.25) is 0 Å². The van der Waals surface area contributed by atoms with Crippen molar-refractivity contribution in [3.05, 3.63) is 65.7 Å². The zero-order chi connectivity index (χ0) is 20.4. The molecule has 2 aromatic carbocycles. The summed E-state index contributed by atoms with van der Waals surface area (Å²) < 4.78 is 26.1. The van der Waals surface area contributed by atoms with Gasteiger partial charge in [0.05, 0.1) is 30.8 Å². The quantitative estimate of drug-likeness (QED) is 0.632. The van der Waals surface area contributed by atoms with Crippen molar-refractivity contribution < 1.29 is 18.7 Å². The maximum absolute atomic E-state index is 15.5. The van der Waals surface area contributed by atoms with Crippen LogP contribution in [0.3, 0.4) is 0 Å². The van der Waals surface area contributed by atoms with Crippen LogP contribution < -0.4 is 10.5 Å². The SMILES string of the molecule is COC(=O)c1ccc(Oc2c(C3CCC3)ccc(-c3cnc(N)cn3)c2F)cc1. The number of benzene rings is 2. The molecule has 0 aliphatic heterocycles. The second-order valence-corrected chi connectivity index (χ2v) is 6.92. The molecule has 0 radical (unpaired) electrons. The zero-order valence-corrected chi connectivity index (χ0v) is 15.9. The van der Waals surface area contributed by atoms with Crippen molar-refractivity contribution in [2.24, 2.45) is 0 Å². The number of ether oxygens (including phenoxy) is 2. The first-order valence-electron chi connectivity index (χ1n) is 9.33. The number of esters is 1. The van der Waals surface area contributed by atoms with Gasteiger partial charge in [0.25, 0.3) is 0 Å². The molecule has 0 bridgehead atoms. The lowest BCUT2D eigenvalue weighted by Gasteiger charge is -2.28. The van der Waals surface area contributed by atoms with Crippen LogP contribution in [0.4, 0.5) is 10.2 Å². The van der Waals surface area contributed by atoms with Crippen molar-refractivity contribution in [1.29, 1.82) is 0 Å². The summed E-state index contributed by atoms with van der Waals surface area (Å²) in [5.74, 6) is 0.199. The van der Waals surface area contributed by atoms with Gasteiger partial charge in [-0.15, -0.1) is 0 Å². The molecule has 0 unspecified atom stereocenters. The summed E-state index contributed by atoms with van der Waals surface area (Å²) >= 11 is 0. The molecule has 1 heterocycles. The summed E-state index contributed by atoms with van der Waals surface area (Å²) in [6.45, 7) is 0. The molecule has 2 N–H and O–H groups in total. The Morgan fingerprint density at radius 3 is 2.45 bits per heavy atom. The van der Waals surface area contributed by atoms with E-state index in [9.17, 15) is 4.79 Å². The minimum Gasteiger partial charge on any atom is -0.465 e. The Morgan fingerprint density at radius 1 is 1.10 bits per heavy atom. The van der Waals surface area contributed by atoms with Crippen LogP contribution in [0.1, 0.15) is 41.1 Å². The number of methoxy groups -OCH3 is 1. The van der Waals surface area contributed by atoms with Gasteiger partial charge < -0.3 is 15.2 Å². The van der Waals surface area contributed by atoms with Gasteiger partial charge >= 0.3 is 5.97 Å². The lowest BCUT2D eigenvalue weighted by molar-refractivity contribution is 0.0600. The van der Waals surface area contributed by atoms with E-state index in [0.717, 1.165) is 24.8 Å². The van der Waals surface area contributed by atoms with Crippen LogP contribution in [-0.2, 0) is 4.74 Å². The Hall–Kier alpha value is -3.48. The van der Waals surface area contributed by atoms with E-state index in [1.54, 1.807) is 30.3 Å². The normalized spacial score (nSPS) is 13.6. The monoisotopic (exact) mass is 393 g/mol. The molecule has 1 fully saturated rings. The predicted molar refractivity (Wildman–Crippen MR) is 106 cm³/mol. The van der Waals surface area contributed by atoms with Gasteiger partial charge in [0.1, 0.15) is 11.6 Å². The zero-order valence-electron chi connectivity index (χ0n) is 15.9. The van der Waals surface area contributed by atoms with Gasteiger partial charge in [-0.2, -0.15) is 0 Å². The van der Waals surface area contributed by atoms with Crippen LogP contribution in [-0.4, -0.2) is 23.0 Å². The molecule has 1 aromatic heterocycles. The lowest BCUT2D eigenvalue weighted by Crippen LogP contribution is -2.11. The summed E-state index contributed by atoms with van der Waals surface area (Å²) in [6, 6.07) is 9.99. The molecule has 3 aromatic rings. The maximum Gasteiger partial charge on any atom is 0.337 e. The molecule has 148 valence electrons. The molecular weight excluding hydrogens is 373 g/mol. The summed E-state index contributed by atoms with van der Waals surface area (Å²) in [5.41, 5.74) is 7.48. The number of anilines is 1. The van der Waals surface area contributed by atoms with Crippen molar-refractivity contribution in [3.63, 3.8) is 0 Å². The van der Waals surface area contributed by atoms with Crippen molar-refractivity contribution in [1.82, 2.24) is 9.97 Å². The minimum absolute atomic E-state index is 0.177. The topological polar surface area (TPSA) is 87.3 Å². The van der Waals surface area contributed by atoms with Gasteiger partial charge in [-0.3, -0.25) is 4.98 Å². The third-order valence-corrected chi connectivity index (χ3v) is 5.12. The van der Waals surface area contributed by atoms with E-state index in [1.807, 2.05) is 6.07 Å². The lowest BCUT2D eigenvalue weighted by atomic mass is 9.79. The van der Waals surface area contributed by atoms with E-state index in [0.29, 0.717) is 22.6 Å². The molecule has 4 rings (SSSR count). The van der Waals surface area contributed by atoms with Crippen LogP contribution in [0, 0.1) is 5.82 Å². The van der Waals surface area contributed by atoms with Gasteiger partial charge in [-0.25, -0.2) is 14.2 Å². The Morgan fingerprint density at radius 2 is 1.86 bits per heavy atom. The van der Waals surface area contributed by atoms with Crippen LogP contribution >= 0.6 is 0 Å². The third kappa shape index (κ3) is 3.76. The smallest absolute Gasteiger partial charge is 0.337 e. The first-order valence-corrected chi connectivity index (χ1v) is 9.33. The fourth-order valence-electron chi connectivity index (χ4n) is 3.29. The Balaban J connectivity index is 1.72. The van der Waals surface area contributed by atoms with E-state index >= 15 is 4.39 Å². The number of nitrogens with zero attached hydrogens (tertiary/aromatic N) is 2. The van der Waals surface area contributed by atoms with Gasteiger partial charge in [0, 0.05) is 11.1 Å². The van der Waals surface area contributed by atoms with E-state index in [1.165, 1.54) is 19.5 Å². The highest BCUT2D eigenvalue weighted by atomic mass is 19.1. The van der Waals surface area contributed by atoms with Crippen molar-refractivity contribution in [2.75, 3.05) is 12.8 Å². The highest BCUT2D eigenvalue weighted by molar-refractivity contribution is 5.89. The van der Waals surface area contributed by atoms with Crippen molar-refractivity contribution >= 4 is 11.8 Å². The number of rotatable bonds is 5. The molecule has 7 heteroatoms. The second kappa shape index (κ2) is 7.87. The first kappa shape index (κ1) is 18.9. The highest BCUT2D eigenvalue weighted by Gasteiger charge is 2.27. The van der Waals surface area contributed by atoms with E-state index in [4.69, 9.17) is 15.2 Å². The van der Waals surface area contributed by atoms with E-state index < -0.39 is 11.8 Å². The van der Waals surface area contributed by atoms with Crippen LogP contribution in [0.2, 0.25) is 0 Å². The molecule has 0 spiro atoms. The summed E-state index contributed by atoms with van der Waals surface area (Å²) in [5, 5.41) is 0. The number of carbonyl (C=O) groups is 1. The number of hydrogen-bond donors (Lipinski definition) is 1. The average Bonchev–Trinajstić information content (AvgIpc) is 2.70. The number of hydrogen-bond acceptors (Lipinski definition) is 6. The van der Waals surface area contributed by atoms with E-state index in [2.05, 4.69) is 9.97 Å². The molecule has 0 saturated heterocycles. The number of aromatic nitrogens is 2. The fraction of sp³-hybridized carbons (Fsp3) is 0.227. The van der Waals surface area contributed by atoms with Crippen LogP contribution in [0.25, 0.3) is 11.3 Å². The van der Waals surface area contributed by atoms with Crippen LogP contribution in [0.15, 0.2) is 48.8 Å². The molecule has 0 atom stereocenters. The van der Waals surface area contributed by atoms with Gasteiger partial charge in [0.15, 0.2) is 11.6 Å². The molecule has 1 saturated carbocycles. The standard InChI is InChI=1S/C22H20FN3O3/c1-28-22(27)14-5-7-15(8-6-14)29-21-16(13-3-2-4-13)9-10-17(20(21)23)18-11-26-19(24)12-25-18/h5-13H,2-4H2,1H3,(H2,24,26). The summed E-state index contributed by atoms with van der Waals surface area (Å²) in [4.78, 5) is 19.8. The molecule has 1 aliphatic rings. The number of halogens is 1. The number of nitrogens with two attached hydrogens (primary N) is 1. The minimum atomic E-state index is -0.495. The van der Waals surface area contributed by atoms with Crippen LogP contribution in [0.5, 0.6) is 11.5 Å².